The van der Waals surface area contributed by atoms with Crippen molar-refractivity contribution in [1.82, 2.24) is 25.1 Å². The quantitative estimate of drug-likeness (QED) is 0.539. The average Bonchev–Trinajstić information content (AvgIpc) is 3.44. The first kappa shape index (κ1) is 22.3. The molecule has 1 aliphatic heterocycles. The van der Waals surface area contributed by atoms with Crippen molar-refractivity contribution in [2.45, 2.75) is 39.0 Å². The molecule has 1 aliphatic rings. The summed E-state index contributed by atoms with van der Waals surface area (Å²) in [6.07, 6.45) is -1.84. The van der Waals surface area contributed by atoms with Gasteiger partial charge in [-0.15, -0.1) is 5.10 Å². The molecule has 2 aromatic heterocycles. The van der Waals surface area contributed by atoms with Crippen LogP contribution in [0.3, 0.4) is 0 Å². The summed E-state index contributed by atoms with van der Waals surface area (Å²) in [7, 11) is 0. The molecule has 0 unspecified atom stereocenters. The molecule has 3 aromatic rings. The van der Waals surface area contributed by atoms with E-state index in [-0.39, 0.29) is 6.04 Å². The first-order valence-electron chi connectivity index (χ1n) is 10.8. The Kier molecular flexibility index (Phi) is 6.50. The number of hydrogen-bond acceptors (Lipinski definition) is 6. The summed E-state index contributed by atoms with van der Waals surface area (Å²) in [4.78, 5) is 4.33. The number of benzene rings is 1. The molecule has 1 saturated heterocycles. The van der Waals surface area contributed by atoms with Gasteiger partial charge in [0.2, 0.25) is 0 Å². The van der Waals surface area contributed by atoms with Crippen LogP contribution in [0.2, 0.25) is 0 Å². The number of nitrogens with zero attached hydrogens (tertiary/aromatic N) is 6. The van der Waals surface area contributed by atoms with Crippen LogP contribution in [0.25, 0.3) is 0 Å². The number of hydrogen-bond donors (Lipinski definition) is 0. The molecular formula is C22H27F3N6O. The van der Waals surface area contributed by atoms with Gasteiger partial charge in [-0.05, 0) is 53.1 Å². The van der Waals surface area contributed by atoms with Gasteiger partial charge in [0, 0.05) is 31.9 Å². The minimum atomic E-state index is -4.34. The molecule has 0 aliphatic carbocycles. The highest BCUT2D eigenvalue weighted by atomic mass is 19.4. The lowest BCUT2D eigenvalue weighted by Gasteiger charge is -2.40. The van der Waals surface area contributed by atoms with Crippen LogP contribution in [0.1, 0.15) is 43.5 Å². The second kappa shape index (κ2) is 9.32. The molecule has 0 radical (unpaired) electrons. The Hall–Kier alpha value is -2.88. The number of aromatic nitrogens is 4. The predicted octanol–water partition coefficient (Wildman–Crippen LogP) is 4.24. The lowest BCUT2D eigenvalue weighted by molar-refractivity contribution is -0.137. The maximum Gasteiger partial charge on any atom is 0.416 e. The Bertz CT molecular complexity index is 993. The third-order valence-electron chi connectivity index (χ3n) is 5.73. The fourth-order valence-electron chi connectivity index (χ4n) is 4.15. The molecule has 4 rings (SSSR count). The van der Waals surface area contributed by atoms with E-state index in [0.717, 1.165) is 24.1 Å². The molecule has 172 valence electrons. The number of rotatable bonds is 7. The summed E-state index contributed by atoms with van der Waals surface area (Å²) < 4.78 is 46.5. The summed E-state index contributed by atoms with van der Waals surface area (Å²) in [6.45, 7) is 7.46. The Labute approximate surface area is 184 Å². The molecule has 1 aromatic carbocycles. The molecule has 1 atom stereocenters. The highest BCUT2D eigenvalue weighted by Crippen LogP contribution is 2.33. The number of piperazine rings is 1. The van der Waals surface area contributed by atoms with Crippen molar-refractivity contribution in [3.63, 3.8) is 0 Å². The Morgan fingerprint density at radius 3 is 2.50 bits per heavy atom. The second-order valence-corrected chi connectivity index (χ2v) is 8.49. The van der Waals surface area contributed by atoms with Gasteiger partial charge < -0.3 is 9.32 Å². The number of anilines is 1. The van der Waals surface area contributed by atoms with Crippen LogP contribution in [-0.4, -0.2) is 51.3 Å². The molecule has 0 amide bonds. The van der Waals surface area contributed by atoms with Crippen LogP contribution in [0.15, 0.2) is 47.1 Å². The lowest BCUT2D eigenvalue weighted by Crippen LogP contribution is -2.48. The number of alkyl halides is 3. The molecule has 32 heavy (non-hydrogen) atoms. The molecule has 10 heteroatoms. The van der Waals surface area contributed by atoms with Gasteiger partial charge in [0.05, 0.1) is 17.9 Å². The summed E-state index contributed by atoms with van der Waals surface area (Å²) in [5.74, 6) is 1.98. The minimum absolute atomic E-state index is 0.0172. The third-order valence-corrected chi connectivity index (χ3v) is 5.73. The molecule has 0 spiro atoms. The largest absolute Gasteiger partial charge is 0.467 e. The smallest absolute Gasteiger partial charge is 0.416 e. The van der Waals surface area contributed by atoms with E-state index in [2.05, 4.69) is 34.3 Å². The summed E-state index contributed by atoms with van der Waals surface area (Å²) >= 11 is 0. The van der Waals surface area contributed by atoms with Crippen LogP contribution >= 0.6 is 0 Å². The lowest BCUT2D eigenvalue weighted by atomic mass is 10.0. The first-order chi connectivity index (χ1) is 15.3. The molecule has 3 heterocycles. The molecule has 0 saturated carbocycles. The monoisotopic (exact) mass is 448 g/mol. The van der Waals surface area contributed by atoms with Crippen molar-refractivity contribution in [3.05, 3.63) is 59.8 Å². The Morgan fingerprint density at radius 1 is 1.06 bits per heavy atom. The van der Waals surface area contributed by atoms with Crippen LogP contribution < -0.4 is 4.90 Å². The topological polar surface area (TPSA) is 63.2 Å². The molecule has 7 nitrogen and oxygen atoms in total. The number of tetrazole rings is 1. The summed E-state index contributed by atoms with van der Waals surface area (Å²) in [5, 5.41) is 12.4. The maximum atomic E-state index is 13.1. The zero-order chi connectivity index (χ0) is 22.7. The second-order valence-electron chi connectivity index (χ2n) is 8.49. The molecule has 1 fully saturated rings. The summed E-state index contributed by atoms with van der Waals surface area (Å²) in [6, 6.07) is 9.27. The fourth-order valence-corrected chi connectivity index (χ4v) is 4.15. The van der Waals surface area contributed by atoms with Crippen molar-refractivity contribution in [1.29, 1.82) is 0 Å². The van der Waals surface area contributed by atoms with Crippen molar-refractivity contribution >= 4 is 5.69 Å². The molecule has 0 N–H and O–H groups in total. The van der Waals surface area contributed by atoms with Gasteiger partial charge in [0.15, 0.2) is 5.82 Å². The normalized spacial score (nSPS) is 16.6. The summed E-state index contributed by atoms with van der Waals surface area (Å²) in [5.41, 5.74) is -0.0187. The molecule has 0 bridgehead atoms. The number of halogens is 3. The van der Waals surface area contributed by atoms with E-state index < -0.39 is 11.7 Å². The van der Waals surface area contributed by atoms with Gasteiger partial charge in [0.25, 0.3) is 0 Å². The van der Waals surface area contributed by atoms with E-state index in [1.807, 2.05) is 17.0 Å². The van der Waals surface area contributed by atoms with Crippen LogP contribution in [0.4, 0.5) is 18.9 Å². The van der Waals surface area contributed by atoms with E-state index in [4.69, 9.17) is 4.42 Å². The average molecular weight is 448 g/mol. The van der Waals surface area contributed by atoms with E-state index in [0.29, 0.717) is 44.3 Å². The highest BCUT2D eigenvalue weighted by molar-refractivity contribution is 5.49. The van der Waals surface area contributed by atoms with Gasteiger partial charge in [-0.25, -0.2) is 4.68 Å². The van der Waals surface area contributed by atoms with Gasteiger partial charge in [-0.1, -0.05) is 19.9 Å². The zero-order valence-electron chi connectivity index (χ0n) is 18.2. The standard InChI is InChI=1S/C22H27F3N6O/c1-16(2)13-20(21-26-27-28-31(21)15-19-7-4-12-32-19)30-10-8-29(9-11-30)18-6-3-5-17(14-18)22(23,24)25/h3-7,12,14,16,20H,8-11,13,15H2,1-2H3/t20-/m0/s1. The molecular weight excluding hydrogens is 421 g/mol. The van der Waals surface area contributed by atoms with Crippen molar-refractivity contribution in [2.24, 2.45) is 5.92 Å². The van der Waals surface area contributed by atoms with E-state index in [1.54, 1.807) is 17.0 Å². The van der Waals surface area contributed by atoms with Crippen LogP contribution in [0.5, 0.6) is 0 Å². The Morgan fingerprint density at radius 2 is 1.84 bits per heavy atom. The zero-order valence-corrected chi connectivity index (χ0v) is 18.2. The fraction of sp³-hybridized carbons (Fsp3) is 0.500. The van der Waals surface area contributed by atoms with Gasteiger partial charge in [0.1, 0.15) is 12.3 Å². The van der Waals surface area contributed by atoms with Gasteiger partial charge in [-0.2, -0.15) is 13.2 Å². The predicted molar refractivity (Wildman–Crippen MR) is 113 cm³/mol. The van der Waals surface area contributed by atoms with Crippen molar-refractivity contribution in [2.75, 3.05) is 31.1 Å². The van der Waals surface area contributed by atoms with Gasteiger partial charge >= 0.3 is 6.18 Å². The SMILES string of the molecule is CC(C)C[C@@H](c1nnnn1Cc1ccco1)N1CCN(c2cccc(C(F)(F)F)c2)CC1. The van der Waals surface area contributed by atoms with Crippen molar-refractivity contribution in [3.8, 4) is 0 Å². The Balaban J connectivity index is 1.48. The van der Waals surface area contributed by atoms with Crippen LogP contribution in [0, 0.1) is 5.92 Å². The third kappa shape index (κ3) is 5.12. The van der Waals surface area contributed by atoms with Crippen LogP contribution in [-0.2, 0) is 12.7 Å². The number of furan rings is 1. The van der Waals surface area contributed by atoms with E-state index >= 15 is 0 Å². The van der Waals surface area contributed by atoms with E-state index in [1.165, 1.54) is 12.1 Å². The van der Waals surface area contributed by atoms with Gasteiger partial charge in [-0.3, -0.25) is 4.90 Å². The van der Waals surface area contributed by atoms with Crippen molar-refractivity contribution < 1.29 is 17.6 Å². The maximum absolute atomic E-state index is 13.1. The minimum Gasteiger partial charge on any atom is -0.467 e. The highest BCUT2D eigenvalue weighted by Gasteiger charge is 2.32. The first-order valence-corrected chi connectivity index (χ1v) is 10.8. The van der Waals surface area contributed by atoms with E-state index in [9.17, 15) is 13.2 Å².